The van der Waals surface area contributed by atoms with Gasteiger partial charge in [-0.3, -0.25) is 10.4 Å². The molecule has 0 aliphatic heterocycles. The number of nitrogens with one attached hydrogen (secondary N) is 1. The zero-order valence-corrected chi connectivity index (χ0v) is 5.72. The average Bonchev–Trinajstić information content (AvgIpc) is 1.82. The smallest absolute Gasteiger partial charge is 0.202 e. The minimum absolute atomic E-state index is 0.0662. The molecule has 0 spiro atoms. The van der Waals surface area contributed by atoms with E-state index in [9.17, 15) is 0 Å². The van der Waals surface area contributed by atoms with E-state index in [0.29, 0.717) is 6.54 Å². The van der Waals surface area contributed by atoms with Crippen molar-refractivity contribution in [2.24, 2.45) is 11.6 Å². The fraction of sp³-hybridized carbons (Fsp3) is 0.800. The molecule has 0 radical (unpaired) electrons. The lowest BCUT2D eigenvalue weighted by molar-refractivity contribution is 0.419. The van der Waals surface area contributed by atoms with Crippen molar-refractivity contribution in [1.29, 1.82) is 5.41 Å². The molecule has 0 unspecified atom stereocenters. The highest BCUT2D eigenvalue weighted by atomic mass is 15.4. The topological polar surface area (TPSA) is 79.1 Å². The third kappa shape index (κ3) is 3.78. The summed E-state index contributed by atoms with van der Waals surface area (Å²) >= 11 is 0. The molecule has 0 aromatic rings. The van der Waals surface area contributed by atoms with Crippen molar-refractivity contribution >= 4 is 5.96 Å². The number of hydrazine groups is 1. The van der Waals surface area contributed by atoms with Gasteiger partial charge >= 0.3 is 0 Å². The fourth-order valence-corrected chi connectivity index (χ4v) is 0.449. The van der Waals surface area contributed by atoms with Crippen LogP contribution in [0.15, 0.2) is 0 Å². The third-order valence-corrected chi connectivity index (χ3v) is 1.06. The van der Waals surface area contributed by atoms with Crippen LogP contribution in [0.2, 0.25) is 0 Å². The van der Waals surface area contributed by atoms with Crippen LogP contribution in [-0.2, 0) is 0 Å². The molecule has 0 saturated carbocycles. The lowest BCUT2D eigenvalue weighted by Crippen LogP contribution is -2.42. The Bertz CT molecular complexity index is 91.0. The molecule has 4 nitrogen and oxygen atoms in total. The molecule has 0 fully saturated rings. The molecule has 0 saturated heterocycles. The summed E-state index contributed by atoms with van der Waals surface area (Å²) in [6, 6.07) is 0. The van der Waals surface area contributed by atoms with Crippen LogP contribution in [0.1, 0.15) is 19.8 Å². The number of guanidine groups is 1. The lowest BCUT2D eigenvalue weighted by Gasteiger charge is -2.14. The van der Waals surface area contributed by atoms with Gasteiger partial charge in [-0.05, 0) is 6.42 Å². The highest BCUT2D eigenvalue weighted by Gasteiger charge is 1.96. The average molecular weight is 130 g/mol. The Morgan fingerprint density at radius 1 is 1.67 bits per heavy atom. The third-order valence-electron chi connectivity index (χ3n) is 1.06. The van der Waals surface area contributed by atoms with Gasteiger partial charge in [-0.25, -0.2) is 5.84 Å². The summed E-state index contributed by atoms with van der Waals surface area (Å²) in [6.45, 7) is 2.74. The molecule has 0 rings (SSSR count). The molecule has 54 valence electrons. The van der Waals surface area contributed by atoms with Crippen LogP contribution in [-0.4, -0.2) is 17.5 Å². The quantitative estimate of drug-likeness (QED) is 0.215. The molecule has 5 N–H and O–H groups in total. The first-order valence-electron chi connectivity index (χ1n) is 3.04. The summed E-state index contributed by atoms with van der Waals surface area (Å²) in [5.41, 5.74) is 5.06. The number of hydrogen-bond donors (Lipinski definition) is 3. The molecule has 0 aromatic carbocycles. The van der Waals surface area contributed by atoms with Crippen LogP contribution >= 0.6 is 0 Å². The van der Waals surface area contributed by atoms with Crippen molar-refractivity contribution in [3.8, 4) is 0 Å². The van der Waals surface area contributed by atoms with Crippen molar-refractivity contribution in [3.63, 3.8) is 0 Å². The van der Waals surface area contributed by atoms with Gasteiger partial charge in [-0.1, -0.05) is 13.3 Å². The maximum Gasteiger partial charge on any atom is 0.202 e. The molecule has 0 atom stereocenters. The molecule has 0 bridgehead atoms. The molecule has 0 heterocycles. The SMILES string of the molecule is CCCCN(N)C(=N)N. The van der Waals surface area contributed by atoms with Crippen LogP contribution in [0.3, 0.4) is 0 Å². The Hall–Kier alpha value is -0.770. The Kier molecular flexibility index (Phi) is 3.79. The first-order valence-corrected chi connectivity index (χ1v) is 3.04. The summed E-state index contributed by atoms with van der Waals surface area (Å²) < 4.78 is 0. The normalized spacial score (nSPS) is 9.11. The highest BCUT2D eigenvalue weighted by molar-refractivity contribution is 5.73. The van der Waals surface area contributed by atoms with E-state index in [2.05, 4.69) is 6.92 Å². The van der Waals surface area contributed by atoms with E-state index < -0.39 is 0 Å². The lowest BCUT2D eigenvalue weighted by atomic mass is 10.3. The largest absolute Gasteiger partial charge is 0.369 e. The summed E-state index contributed by atoms with van der Waals surface area (Å²) in [5.74, 6) is 5.22. The number of unbranched alkanes of at least 4 members (excludes halogenated alkanes) is 1. The standard InChI is InChI=1S/C5H14N4/c1-2-3-4-9(8)5(6)7/h2-4,8H2,1H3,(H3,6,7). The zero-order chi connectivity index (χ0) is 7.28. The Labute approximate surface area is 55.3 Å². The van der Waals surface area contributed by atoms with E-state index >= 15 is 0 Å². The second kappa shape index (κ2) is 4.14. The first-order chi connectivity index (χ1) is 4.18. The second-order valence-electron chi connectivity index (χ2n) is 1.93. The van der Waals surface area contributed by atoms with Gasteiger partial charge in [0.15, 0.2) is 0 Å². The second-order valence-corrected chi connectivity index (χ2v) is 1.93. The molecule has 0 aromatic heterocycles. The van der Waals surface area contributed by atoms with E-state index in [1.54, 1.807) is 0 Å². The van der Waals surface area contributed by atoms with Gasteiger partial charge in [0.1, 0.15) is 0 Å². The zero-order valence-electron chi connectivity index (χ0n) is 5.72. The minimum atomic E-state index is -0.0662. The van der Waals surface area contributed by atoms with Crippen LogP contribution in [0.5, 0.6) is 0 Å². The summed E-state index contributed by atoms with van der Waals surface area (Å²) in [4.78, 5) is 0. The first kappa shape index (κ1) is 8.23. The summed E-state index contributed by atoms with van der Waals surface area (Å²) in [7, 11) is 0. The van der Waals surface area contributed by atoms with Crippen LogP contribution < -0.4 is 11.6 Å². The molecule has 0 aliphatic rings. The fourth-order valence-electron chi connectivity index (χ4n) is 0.449. The molecule has 4 heteroatoms. The van der Waals surface area contributed by atoms with Crippen molar-refractivity contribution in [2.45, 2.75) is 19.8 Å². The number of rotatable bonds is 3. The van der Waals surface area contributed by atoms with Crippen LogP contribution in [0.25, 0.3) is 0 Å². The van der Waals surface area contributed by atoms with Gasteiger partial charge < -0.3 is 5.73 Å². The van der Waals surface area contributed by atoms with Gasteiger partial charge in [-0.2, -0.15) is 0 Å². The van der Waals surface area contributed by atoms with E-state index in [0.717, 1.165) is 12.8 Å². The van der Waals surface area contributed by atoms with E-state index in [-0.39, 0.29) is 5.96 Å². The number of hydrogen-bond acceptors (Lipinski definition) is 2. The maximum absolute atomic E-state index is 6.86. The van der Waals surface area contributed by atoms with E-state index in [4.69, 9.17) is 17.0 Å². The van der Waals surface area contributed by atoms with Gasteiger partial charge in [0.2, 0.25) is 5.96 Å². The van der Waals surface area contributed by atoms with Crippen molar-refractivity contribution in [2.75, 3.05) is 6.54 Å². The molecule has 0 aliphatic carbocycles. The van der Waals surface area contributed by atoms with Crippen LogP contribution in [0.4, 0.5) is 0 Å². The van der Waals surface area contributed by atoms with Crippen LogP contribution in [0, 0.1) is 5.41 Å². The summed E-state index contributed by atoms with van der Waals surface area (Å²) in [6.07, 6.45) is 2.05. The molecular weight excluding hydrogens is 116 g/mol. The van der Waals surface area contributed by atoms with Gasteiger partial charge in [0.05, 0.1) is 0 Å². The van der Waals surface area contributed by atoms with Gasteiger partial charge in [0.25, 0.3) is 0 Å². The highest BCUT2D eigenvalue weighted by Crippen LogP contribution is 1.86. The Morgan fingerprint density at radius 3 is 2.56 bits per heavy atom. The Morgan fingerprint density at radius 2 is 2.22 bits per heavy atom. The predicted octanol–water partition coefficient (Wildman–Crippen LogP) is -0.144. The predicted molar refractivity (Wildman–Crippen MR) is 37.7 cm³/mol. The monoisotopic (exact) mass is 130 g/mol. The van der Waals surface area contributed by atoms with E-state index in [1.165, 1.54) is 5.01 Å². The minimum Gasteiger partial charge on any atom is -0.369 e. The Balaban J connectivity index is 3.27. The molecular formula is C5H14N4. The molecule has 9 heavy (non-hydrogen) atoms. The van der Waals surface area contributed by atoms with Crippen molar-refractivity contribution in [1.82, 2.24) is 5.01 Å². The van der Waals surface area contributed by atoms with Gasteiger partial charge in [0, 0.05) is 6.54 Å². The van der Waals surface area contributed by atoms with Crippen molar-refractivity contribution < 1.29 is 0 Å². The number of nitrogens with zero attached hydrogens (tertiary/aromatic N) is 1. The van der Waals surface area contributed by atoms with Crippen molar-refractivity contribution in [3.05, 3.63) is 0 Å². The van der Waals surface area contributed by atoms with E-state index in [1.807, 2.05) is 0 Å². The maximum atomic E-state index is 6.86. The van der Waals surface area contributed by atoms with Gasteiger partial charge in [-0.15, -0.1) is 0 Å². The number of nitrogens with two attached hydrogens (primary N) is 2. The molecule has 0 amide bonds. The summed E-state index contributed by atoms with van der Waals surface area (Å²) in [5, 5.41) is 8.10.